The summed E-state index contributed by atoms with van der Waals surface area (Å²) < 4.78 is 26.3. The molecule has 13 heavy (non-hydrogen) atoms. The lowest BCUT2D eigenvalue weighted by molar-refractivity contribution is 0.0990. The number of hydrogen-bond acceptors (Lipinski definition) is 1. The van der Waals surface area contributed by atoms with Gasteiger partial charge in [-0.25, -0.2) is 8.78 Å². The number of rotatable bonds is 0. The maximum absolute atomic E-state index is 13.2. The standard InChI is InChI=1S/C10H8F2O/c1-5-4-6-2-3-7(13)8(6)10(12)9(5)11/h4H,2-3H2,1H3. The van der Waals surface area contributed by atoms with E-state index >= 15 is 0 Å². The van der Waals surface area contributed by atoms with Gasteiger partial charge in [-0.05, 0) is 24.5 Å². The molecule has 1 aliphatic carbocycles. The van der Waals surface area contributed by atoms with Crippen molar-refractivity contribution < 1.29 is 13.6 Å². The number of carbonyl (C=O) groups is 1. The number of fused-ring (bicyclic) bond motifs is 1. The van der Waals surface area contributed by atoms with E-state index in [9.17, 15) is 13.6 Å². The van der Waals surface area contributed by atoms with Gasteiger partial charge in [0.05, 0.1) is 5.56 Å². The Hall–Kier alpha value is -1.25. The van der Waals surface area contributed by atoms with E-state index in [-0.39, 0.29) is 16.9 Å². The summed E-state index contributed by atoms with van der Waals surface area (Å²) in [5.74, 6) is -2.15. The molecule has 0 radical (unpaired) electrons. The molecule has 0 aliphatic heterocycles. The van der Waals surface area contributed by atoms with E-state index < -0.39 is 11.6 Å². The summed E-state index contributed by atoms with van der Waals surface area (Å²) in [5, 5.41) is 0. The van der Waals surface area contributed by atoms with Crippen molar-refractivity contribution in [2.24, 2.45) is 0 Å². The van der Waals surface area contributed by atoms with E-state index in [0.717, 1.165) is 0 Å². The number of ketones is 1. The monoisotopic (exact) mass is 182 g/mol. The largest absolute Gasteiger partial charge is 0.294 e. The van der Waals surface area contributed by atoms with Gasteiger partial charge in [-0.3, -0.25) is 4.79 Å². The van der Waals surface area contributed by atoms with Crippen LogP contribution in [0.4, 0.5) is 8.78 Å². The minimum absolute atomic E-state index is 0.0388. The van der Waals surface area contributed by atoms with Crippen LogP contribution < -0.4 is 0 Å². The SMILES string of the molecule is Cc1cc2c(c(F)c1F)C(=O)CC2. The third-order valence-corrected chi connectivity index (χ3v) is 2.37. The predicted molar refractivity (Wildman–Crippen MR) is 43.7 cm³/mol. The van der Waals surface area contributed by atoms with Crippen LogP contribution in [0.1, 0.15) is 27.9 Å². The van der Waals surface area contributed by atoms with Gasteiger partial charge in [-0.15, -0.1) is 0 Å². The lowest BCUT2D eigenvalue weighted by atomic mass is 10.1. The molecule has 0 N–H and O–H groups in total. The summed E-state index contributed by atoms with van der Waals surface area (Å²) >= 11 is 0. The maximum atomic E-state index is 13.2. The van der Waals surface area contributed by atoms with E-state index in [4.69, 9.17) is 0 Å². The quantitative estimate of drug-likeness (QED) is 0.602. The first-order valence-electron chi connectivity index (χ1n) is 4.12. The Morgan fingerprint density at radius 2 is 1.92 bits per heavy atom. The molecule has 0 saturated carbocycles. The first-order valence-corrected chi connectivity index (χ1v) is 4.12. The van der Waals surface area contributed by atoms with Crippen molar-refractivity contribution in [3.8, 4) is 0 Å². The Morgan fingerprint density at radius 1 is 1.23 bits per heavy atom. The van der Waals surface area contributed by atoms with Crippen molar-refractivity contribution in [2.45, 2.75) is 19.8 Å². The van der Waals surface area contributed by atoms with Gasteiger partial charge in [0.15, 0.2) is 17.4 Å². The lowest BCUT2D eigenvalue weighted by Gasteiger charge is -2.03. The van der Waals surface area contributed by atoms with Crippen LogP contribution in [0, 0.1) is 18.6 Å². The lowest BCUT2D eigenvalue weighted by Crippen LogP contribution is -2.01. The first kappa shape index (κ1) is 8.35. The molecule has 0 amide bonds. The fourth-order valence-electron chi connectivity index (χ4n) is 1.69. The molecular formula is C10H8F2O. The summed E-state index contributed by atoms with van der Waals surface area (Å²) in [4.78, 5) is 11.1. The molecule has 0 atom stereocenters. The zero-order valence-corrected chi connectivity index (χ0v) is 7.16. The summed E-state index contributed by atoms with van der Waals surface area (Å²) in [5.41, 5.74) is 0.871. The molecule has 0 unspecified atom stereocenters. The minimum Gasteiger partial charge on any atom is -0.294 e. The van der Waals surface area contributed by atoms with Crippen LogP contribution in [-0.2, 0) is 6.42 Å². The summed E-state index contributed by atoms with van der Waals surface area (Å²) in [6.45, 7) is 1.50. The van der Waals surface area contributed by atoms with Crippen molar-refractivity contribution >= 4 is 5.78 Å². The molecule has 1 nitrogen and oxygen atoms in total. The van der Waals surface area contributed by atoms with Crippen LogP contribution in [0.3, 0.4) is 0 Å². The van der Waals surface area contributed by atoms with E-state index in [0.29, 0.717) is 18.4 Å². The Kier molecular flexibility index (Phi) is 1.68. The van der Waals surface area contributed by atoms with Crippen LogP contribution in [0.2, 0.25) is 0 Å². The number of Topliss-reactive ketones (excluding diaryl/α,β-unsaturated/α-hetero) is 1. The van der Waals surface area contributed by atoms with Gasteiger partial charge in [0.2, 0.25) is 0 Å². The highest BCUT2D eigenvalue weighted by Crippen LogP contribution is 2.27. The van der Waals surface area contributed by atoms with Gasteiger partial charge in [0, 0.05) is 6.42 Å². The molecule has 0 heterocycles. The van der Waals surface area contributed by atoms with Crippen molar-refractivity contribution in [3.63, 3.8) is 0 Å². The summed E-state index contributed by atoms with van der Waals surface area (Å²) in [7, 11) is 0. The molecule has 0 spiro atoms. The second kappa shape index (κ2) is 2.62. The Morgan fingerprint density at radius 3 is 2.62 bits per heavy atom. The molecule has 3 heteroatoms. The number of aryl methyl sites for hydroxylation is 2. The molecular weight excluding hydrogens is 174 g/mol. The van der Waals surface area contributed by atoms with Crippen LogP contribution in [0.5, 0.6) is 0 Å². The maximum Gasteiger partial charge on any atom is 0.170 e. The molecule has 68 valence electrons. The summed E-state index contributed by atoms with van der Waals surface area (Å²) in [6.07, 6.45) is 0.835. The average molecular weight is 182 g/mol. The predicted octanol–water partition coefficient (Wildman–Crippen LogP) is 2.40. The topological polar surface area (TPSA) is 17.1 Å². The fourth-order valence-corrected chi connectivity index (χ4v) is 1.69. The molecule has 1 aliphatic rings. The van der Waals surface area contributed by atoms with Gasteiger partial charge < -0.3 is 0 Å². The van der Waals surface area contributed by atoms with Crippen LogP contribution in [0.25, 0.3) is 0 Å². The number of halogens is 2. The van der Waals surface area contributed by atoms with E-state index in [2.05, 4.69) is 0 Å². The molecule has 0 saturated heterocycles. The van der Waals surface area contributed by atoms with Crippen molar-refractivity contribution in [2.75, 3.05) is 0 Å². The van der Waals surface area contributed by atoms with Crippen molar-refractivity contribution in [3.05, 3.63) is 34.4 Å². The van der Waals surface area contributed by atoms with Crippen molar-refractivity contribution in [1.29, 1.82) is 0 Å². The molecule has 1 aromatic rings. The van der Waals surface area contributed by atoms with E-state index in [1.54, 1.807) is 6.07 Å². The van der Waals surface area contributed by atoms with Crippen LogP contribution in [-0.4, -0.2) is 5.78 Å². The average Bonchev–Trinajstić information content (AvgIpc) is 2.43. The zero-order valence-electron chi connectivity index (χ0n) is 7.16. The third kappa shape index (κ3) is 1.07. The van der Waals surface area contributed by atoms with E-state index in [1.165, 1.54) is 6.92 Å². The van der Waals surface area contributed by atoms with Gasteiger partial charge in [0.25, 0.3) is 0 Å². The van der Waals surface area contributed by atoms with Gasteiger partial charge in [-0.2, -0.15) is 0 Å². The van der Waals surface area contributed by atoms with Crippen LogP contribution >= 0.6 is 0 Å². The zero-order chi connectivity index (χ0) is 9.59. The number of benzene rings is 1. The smallest absolute Gasteiger partial charge is 0.170 e. The summed E-state index contributed by atoms with van der Waals surface area (Å²) in [6, 6.07) is 1.55. The Balaban J connectivity index is 2.75. The molecule has 0 bridgehead atoms. The van der Waals surface area contributed by atoms with Gasteiger partial charge in [-0.1, -0.05) is 6.07 Å². The fraction of sp³-hybridized carbons (Fsp3) is 0.300. The third-order valence-electron chi connectivity index (χ3n) is 2.37. The number of carbonyl (C=O) groups excluding carboxylic acids is 1. The molecule has 0 aromatic heterocycles. The minimum atomic E-state index is -0.975. The van der Waals surface area contributed by atoms with Gasteiger partial charge in [0.1, 0.15) is 0 Å². The molecule has 2 rings (SSSR count). The Labute approximate surface area is 74.4 Å². The second-order valence-corrected chi connectivity index (χ2v) is 3.28. The normalized spacial score (nSPS) is 14.8. The Bertz CT molecular complexity index is 396. The van der Waals surface area contributed by atoms with E-state index in [1.807, 2.05) is 0 Å². The first-order chi connectivity index (χ1) is 6.11. The molecule has 1 aromatic carbocycles. The second-order valence-electron chi connectivity index (χ2n) is 3.28. The highest BCUT2D eigenvalue weighted by atomic mass is 19.2. The highest BCUT2D eigenvalue weighted by Gasteiger charge is 2.26. The number of hydrogen-bond donors (Lipinski definition) is 0. The highest BCUT2D eigenvalue weighted by molar-refractivity contribution is 6.00. The molecule has 0 fully saturated rings. The van der Waals surface area contributed by atoms with Gasteiger partial charge >= 0.3 is 0 Å². The van der Waals surface area contributed by atoms with Crippen LogP contribution in [0.15, 0.2) is 6.07 Å². The van der Waals surface area contributed by atoms with Crippen molar-refractivity contribution in [1.82, 2.24) is 0 Å².